The molecule has 4 heteroatoms. The minimum atomic E-state index is -0.773. The average molecular weight is 216 g/mol. The summed E-state index contributed by atoms with van der Waals surface area (Å²) in [7, 11) is 0. The van der Waals surface area contributed by atoms with Gasteiger partial charge in [-0.05, 0) is 6.42 Å². The molecule has 15 heavy (non-hydrogen) atoms. The van der Waals surface area contributed by atoms with Crippen LogP contribution in [0.1, 0.15) is 52.4 Å². The van der Waals surface area contributed by atoms with Crippen LogP contribution in [0.4, 0.5) is 0 Å². The number of hydrogen-bond donors (Lipinski definition) is 0. The molecule has 0 fully saturated rings. The van der Waals surface area contributed by atoms with Crippen LogP contribution >= 0.6 is 0 Å². The van der Waals surface area contributed by atoms with E-state index in [1.165, 1.54) is 19.8 Å². The lowest BCUT2D eigenvalue weighted by Gasteiger charge is -2.10. The number of esters is 1. The molecule has 88 valence electrons. The Labute approximate surface area is 90.9 Å². The van der Waals surface area contributed by atoms with E-state index in [1.807, 2.05) is 0 Å². The van der Waals surface area contributed by atoms with Gasteiger partial charge in [-0.25, -0.2) is 0 Å². The molecular formula is C11H20O4. The summed E-state index contributed by atoms with van der Waals surface area (Å²) >= 11 is 0. The molecule has 0 aromatic carbocycles. The van der Waals surface area contributed by atoms with Gasteiger partial charge >= 0.3 is 5.97 Å². The van der Waals surface area contributed by atoms with Crippen LogP contribution < -0.4 is 0 Å². The van der Waals surface area contributed by atoms with E-state index >= 15 is 0 Å². The molecule has 0 aliphatic heterocycles. The summed E-state index contributed by atoms with van der Waals surface area (Å²) in [5.41, 5.74) is 0. The lowest BCUT2D eigenvalue weighted by Crippen LogP contribution is -2.17. The molecule has 0 spiro atoms. The largest absolute Gasteiger partial charge is 0.428 e. The summed E-state index contributed by atoms with van der Waals surface area (Å²) in [6, 6.07) is 0. The predicted octanol–water partition coefficient (Wildman–Crippen LogP) is 2.41. The average Bonchev–Trinajstić information content (AvgIpc) is 2.17. The van der Waals surface area contributed by atoms with Crippen LogP contribution in [0.2, 0.25) is 0 Å². The lowest BCUT2D eigenvalue weighted by molar-refractivity contribution is -0.176. The Bertz CT molecular complexity index is 179. The van der Waals surface area contributed by atoms with E-state index in [1.54, 1.807) is 0 Å². The van der Waals surface area contributed by atoms with Crippen molar-refractivity contribution in [3.8, 4) is 0 Å². The zero-order valence-electron chi connectivity index (χ0n) is 9.53. The van der Waals surface area contributed by atoms with E-state index in [9.17, 15) is 9.59 Å². The van der Waals surface area contributed by atoms with Gasteiger partial charge in [0.2, 0.25) is 6.29 Å². The highest BCUT2D eigenvalue weighted by Gasteiger charge is 2.08. The molecule has 4 nitrogen and oxygen atoms in total. The number of rotatable bonds is 9. The monoisotopic (exact) mass is 216 g/mol. The molecule has 0 N–H and O–H groups in total. The third-order valence-electron chi connectivity index (χ3n) is 2.03. The highest BCUT2D eigenvalue weighted by atomic mass is 16.7. The second-order valence-corrected chi connectivity index (χ2v) is 3.45. The van der Waals surface area contributed by atoms with Crippen molar-refractivity contribution < 1.29 is 19.1 Å². The van der Waals surface area contributed by atoms with E-state index in [2.05, 4.69) is 11.7 Å². The zero-order chi connectivity index (χ0) is 11.5. The summed E-state index contributed by atoms with van der Waals surface area (Å²) in [5, 5.41) is 0. The Balaban J connectivity index is 3.36. The summed E-state index contributed by atoms with van der Waals surface area (Å²) in [6.45, 7) is 3.94. The fraction of sp³-hybridized carbons (Fsp3) is 0.818. The van der Waals surface area contributed by atoms with Gasteiger partial charge in [-0.3, -0.25) is 9.59 Å². The maximum absolute atomic E-state index is 11.1. The zero-order valence-corrected chi connectivity index (χ0v) is 9.53. The molecule has 0 aromatic rings. The van der Waals surface area contributed by atoms with Crippen molar-refractivity contribution in [2.75, 3.05) is 0 Å². The molecule has 0 aliphatic rings. The lowest BCUT2D eigenvalue weighted by atomic mass is 10.1. The maximum atomic E-state index is 11.1. The van der Waals surface area contributed by atoms with E-state index in [0.29, 0.717) is 6.42 Å². The number of ether oxygens (including phenoxy) is 2. The Morgan fingerprint density at radius 2 is 1.93 bits per heavy atom. The molecule has 0 bridgehead atoms. The Hall–Kier alpha value is -1.06. The Morgan fingerprint density at radius 3 is 2.53 bits per heavy atom. The first kappa shape index (κ1) is 13.9. The van der Waals surface area contributed by atoms with Crippen LogP contribution in [0.25, 0.3) is 0 Å². The minimum Gasteiger partial charge on any atom is -0.428 e. The van der Waals surface area contributed by atoms with Crippen LogP contribution in [0, 0.1) is 0 Å². The van der Waals surface area contributed by atoms with Crippen LogP contribution in [-0.2, 0) is 19.1 Å². The molecular weight excluding hydrogens is 196 g/mol. The molecule has 0 aromatic heterocycles. The fourth-order valence-corrected chi connectivity index (χ4v) is 1.22. The van der Waals surface area contributed by atoms with E-state index in [4.69, 9.17) is 4.74 Å². The first-order valence-corrected chi connectivity index (χ1v) is 5.49. The van der Waals surface area contributed by atoms with E-state index in [0.717, 1.165) is 19.3 Å². The topological polar surface area (TPSA) is 52.6 Å². The van der Waals surface area contributed by atoms with Crippen LogP contribution in [0.15, 0.2) is 0 Å². The highest BCUT2D eigenvalue weighted by molar-refractivity contribution is 5.69. The SMILES string of the molecule is CCCCCCCC(=O)OC(C)OC=O. The van der Waals surface area contributed by atoms with Crippen molar-refractivity contribution in [3.05, 3.63) is 0 Å². The van der Waals surface area contributed by atoms with E-state index in [-0.39, 0.29) is 12.4 Å². The summed E-state index contributed by atoms with van der Waals surface area (Å²) in [6.07, 6.45) is 5.07. The molecule has 0 radical (unpaired) electrons. The third-order valence-corrected chi connectivity index (χ3v) is 2.03. The number of hydrogen-bond acceptors (Lipinski definition) is 4. The number of carbonyl (C=O) groups excluding carboxylic acids is 2. The maximum Gasteiger partial charge on any atom is 0.308 e. The van der Waals surface area contributed by atoms with Gasteiger partial charge in [-0.15, -0.1) is 0 Å². The minimum absolute atomic E-state index is 0.277. The first-order valence-electron chi connectivity index (χ1n) is 5.49. The molecule has 0 heterocycles. The van der Waals surface area contributed by atoms with Gasteiger partial charge in [-0.2, -0.15) is 0 Å². The number of carbonyl (C=O) groups is 2. The van der Waals surface area contributed by atoms with Crippen molar-refractivity contribution in [1.29, 1.82) is 0 Å². The Kier molecular flexibility index (Phi) is 8.82. The van der Waals surface area contributed by atoms with Gasteiger partial charge in [0, 0.05) is 13.3 Å². The molecule has 0 saturated carbocycles. The molecule has 0 amide bonds. The van der Waals surface area contributed by atoms with Crippen molar-refractivity contribution in [2.45, 2.75) is 58.7 Å². The number of unbranched alkanes of at least 4 members (excludes halogenated alkanes) is 4. The first-order chi connectivity index (χ1) is 7.20. The van der Waals surface area contributed by atoms with Crippen molar-refractivity contribution >= 4 is 12.4 Å². The summed E-state index contributed by atoms with van der Waals surface area (Å²) in [4.78, 5) is 21.1. The van der Waals surface area contributed by atoms with Gasteiger partial charge in [0.05, 0.1) is 0 Å². The van der Waals surface area contributed by atoms with E-state index < -0.39 is 6.29 Å². The van der Waals surface area contributed by atoms with Crippen LogP contribution in [-0.4, -0.2) is 18.7 Å². The second kappa shape index (κ2) is 9.49. The third kappa shape index (κ3) is 9.25. The second-order valence-electron chi connectivity index (χ2n) is 3.45. The van der Waals surface area contributed by atoms with Gasteiger partial charge in [0.15, 0.2) is 0 Å². The molecule has 0 rings (SSSR count). The van der Waals surface area contributed by atoms with Crippen LogP contribution in [0.5, 0.6) is 0 Å². The van der Waals surface area contributed by atoms with Gasteiger partial charge in [0.1, 0.15) is 0 Å². The van der Waals surface area contributed by atoms with Crippen molar-refractivity contribution in [1.82, 2.24) is 0 Å². The normalized spacial score (nSPS) is 11.9. The summed E-state index contributed by atoms with van der Waals surface area (Å²) < 4.78 is 9.24. The molecule has 0 saturated heterocycles. The molecule has 0 aliphatic carbocycles. The summed E-state index contributed by atoms with van der Waals surface area (Å²) in [5.74, 6) is -0.305. The van der Waals surface area contributed by atoms with Gasteiger partial charge < -0.3 is 9.47 Å². The Morgan fingerprint density at radius 1 is 1.27 bits per heavy atom. The van der Waals surface area contributed by atoms with Gasteiger partial charge in [0.25, 0.3) is 6.47 Å². The quantitative estimate of drug-likeness (QED) is 0.257. The van der Waals surface area contributed by atoms with Crippen molar-refractivity contribution in [3.63, 3.8) is 0 Å². The van der Waals surface area contributed by atoms with Gasteiger partial charge in [-0.1, -0.05) is 32.6 Å². The molecule has 1 unspecified atom stereocenters. The van der Waals surface area contributed by atoms with Crippen LogP contribution in [0.3, 0.4) is 0 Å². The fourth-order valence-electron chi connectivity index (χ4n) is 1.22. The molecule has 1 atom stereocenters. The predicted molar refractivity (Wildman–Crippen MR) is 56.1 cm³/mol. The highest BCUT2D eigenvalue weighted by Crippen LogP contribution is 2.06. The standard InChI is InChI=1S/C11H20O4/c1-3-4-5-6-7-8-11(13)15-10(2)14-9-12/h9-10H,3-8H2,1-2H3. The smallest absolute Gasteiger partial charge is 0.308 e. The van der Waals surface area contributed by atoms with Crippen molar-refractivity contribution in [2.24, 2.45) is 0 Å².